The fourth-order valence-corrected chi connectivity index (χ4v) is 2.99. The number of benzene rings is 2. The van der Waals surface area contributed by atoms with Crippen molar-refractivity contribution in [3.8, 4) is 17.2 Å². The third-order valence-corrected chi connectivity index (χ3v) is 4.23. The first-order valence-electron chi connectivity index (χ1n) is 7.31. The van der Waals surface area contributed by atoms with Crippen molar-refractivity contribution in [1.29, 1.82) is 0 Å². The molecule has 2 aliphatic heterocycles. The summed E-state index contributed by atoms with van der Waals surface area (Å²) in [6, 6.07) is 12.3. The largest absolute Gasteiger partial charge is 0.497 e. The number of anilines is 1. The van der Waals surface area contributed by atoms with E-state index in [1.165, 1.54) is 0 Å². The van der Waals surface area contributed by atoms with E-state index in [2.05, 4.69) is 0 Å². The van der Waals surface area contributed by atoms with Crippen LogP contribution in [-0.2, 0) is 4.79 Å². The second kappa shape index (κ2) is 5.17. The van der Waals surface area contributed by atoms with E-state index >= 15 is 0 Å². The molecule has 2 N–H and O–H groups in total. The molecule has 2 aromatic rings. The molecule has 1 amide bonds. The number of carbonyl (C=O) groups is 1. The average molecular weight is 312 g/mol. The molecule has 0 radical (unpaired) electrons. The number of ether oxygens (including phenoxy) is 3. The maximum atomic E-state index is 12.3. The summed E-state index contributed by atoms with van der Waals surface area (Å²) in [6.07, 6.45) is 0. The molecular formula is C17H16N2O4. The Morgan fingerprint density at radius 2 is 1.87 bits per heavy atom. The van der Waals surface area contributed by atoms with Crippen molar-refractivity contribution in [2.75, 3.05) is 18.8 Å². The zero-order valence-corrected chi connectivity index (χ0v) is 12.6. The Morgan fingerprint density at radius 1 is 1.13 bits per heavy atom. The van der Waals surface area contributed by atoms with Gasteiger partial charge in [0, 0.05) is 11.8 Å². The molecule has 2 aliphatic rings. The van der Waals surface area contributed by atoms with Crippen LogP contribution < -0.4 is 24.8 Å². The smallest absolute Gasteiger partial charge is 0.247 e. The molecule has 4 rings (SSSR count). The summed E-state index contributed by atoms with van der Waals surface area (Å²) in [7, 11) is 1.62. The quantitative estimate of drug-likeness (QED) is 0.875. The van der Waals surface area contributed by atoms with Crippen LogP contribution in [0.5, 0.6) is 17.2 Å². The minimum atomic E-state index is -0.547. The Balaban J connectivity index is 1.67. The van der Waals surface area contributed by atoms with Crippen molar-refractivity contribution in [2.45, 2.75) is 12.1 Å². The number of carbonyl (C=O) groups excluding carboxylic acids is 1. The van der Waals surface area contributed by atoms with E-state index in [0.717, 1.165) is 17.0 Å². The van der Waals surface area contributed by atoms with Crippen LogP contribution in [0.15, 0.2) is 42.5 Å². The zero-order valence-electron chi connectivity index (χ0n) is 12.6. The number of fused-ring (bicyclic) bond motifs is 1. The van der Waals surface area contributed by atoms with Gasteiger partial charge in [-0.1, -0.05) is 12.1 Å². The van der Waals surface area contributed by atoms with Gasteiger partial charge < -0.3 is 24.8 Å². The van der Waals surface area contributed by atoms with Gasteiger partial charge in [-0.2, -0.15) is 0 Å². The molecule has 0 aromatic heterocycles. The summed E-state index contributed by atoms with van der Waals surface area (Å²) in [5.74, 6) is 1.99. The van der Waals surface area contributed by atoms with Crippen LogP contribution in [0.25, 0.3) is 0 Å². The first-order chi connectivity index (χ1) is 11.2. The Bertz CT molecular complexity index is 760. The van der Waals surface area contributed by atoms with E-state index < -0.39 is 6.04 Å². The summed E-state index contributed by atoms with van der Waals surface area (Å²) >= 11 is 0. The van der Waals surface area contributed by atoms with Crippen LogP contribution in [0.3, 0.4) is 0 Å². The van der Waals surface area contributed by atoms with Crippen LogP contribution in [-0.4, -0.2) is 25.9 Å². The highest BCUT2D eigenvalue weighted by molar-refractivity contribution is 6.05. The highest BCUT2D eigenvalue weighted by Crippen LogP contribution is 2.42. The van der Waals surface area contributed by atoms with Gasteiger partial charge >= 0.3 is 0 Å². The van der Waals surface area contributed by atoms with E-state index in [9.17, 15) is 4.79 Å². The molecule has 118 valence electrons. The molecule has 2 heterocycles. The number of nitrogens with two attached hydrogens (primary N) is 1. The van der Waals surface area contributed by atoms with Crippen LogP contribution in [0.2, 0.25) is 0 Å². The van der Waals surface area contributed by atoms with Crippen LogP contribution >= 0.6 is 0 Å². The Hall–Kier alpha value is -2.73. The normalized spacial score (nSPS) is 22.0. The lowest BCUT2D eigenvalue weighted by atomic mass is 9.88. The molecule has 0 bridgehead atoms. The molecule has 23 heavy (non-hydrogen) atoms. The minimum Gasteiger partial charge on any atom is -0.497 e. The predicted octanol–water partition coefficient (Wildman–Crippen LogP) is 1.84. The lowest BCUT2D eigenvalue weighted by Crippen LogP contribution is -2.63. The maximum absolute atomic E-state index is 12.3. The number of rotatable bonds is 3. The highest BCUT2D eigenvalue weighted by atomic mass is 16.7. The first kappa shape index (κ1) is 13.9. The molecule has 2 aromatic carbocycles. The lowest BCUT2D eigenvalue weighted by Gasteiger charge is -2.45. The van der Waals surface area contributed by atoms with Gasteiger partial charge in [0.1, 0.15) is 11.8 Å². The van der Waals surface area contributed by atoms with Gasteiger partial charge in [-0.15, -0.1) is 0 Å². The fraction of sp³-hybridized carbons (Fsp3) is 0.235. The minimum absolute atomic E-state index is 0.107. The number of β-lactam (4-membered cyclic amide) rings is 1. The highest BCUT2D eigenvalue weighted by Gasteiger charge is 2.46. The van der Waals surface area contributed by atoms with Gasteiger partial charge in [0.05, 0.1) is 13.2 Å². The van der Waals surface area contributed by atoms with Crippen molar-refractivity contribution in [3.05, 3.63) is 48.0 Å². The fourth-order valence-electron chi connectivity index (χ4n) is 2.99. The topological polar surface area (TPSA) is 74.0 Å². The van der Waals surface area contributed by atoms with Gasteiger partial charge in [0.15, 0.2) is 11.5 Å². The van der Waals surface area contributed by atoms with Crippen molar-refractivity contribution < 1.29 is 19.0 Å². The zero-order chi connectivity index (χ0) is 16.0. The third-order valence-electron chi connectivity index (χ3n) is 4.23. The van der Waals surface area contributed by atoms with Crippen molar-refractivity contribution >= 4 is 11.6 Å². The molecule has 2 atom stereocenters. The van der Waals surface area contributed by atoms with E-state index in [1.807, 2.05) is 36.4 Å². The maximum Gasteiger partial charge on any atom is 0.247 e. The average Bonchev–Trinajstić information content (AvgIpc) is 3.06. The van der Waals surface area contributed by atoms with Gasteiger partial charge in [0.2, 0.25) is 12.7 Å². The van der Waals surface area contributed by atoms with Gasteiger partial charge in [0.25, 0.3) is 0 Å². The summed E-state index contributed by atoms with van der Waals surface area (Å²) < 4.78 is 15.9. The van der Waals surface area contributed by atoms with E-state index in [1.54, 1.807) is 18.1 Å². The van der Waals surface area contributed by atoms with Crippen molar-refractivity contribution in [2.24, 2.45) is 5.73 Å². The summed E-state index contributed by atoms with van der Waals surface area (Å²) in [5, 5.41) is 0. The Morgan fingerprint density at radius 3 is 2.61 bits per heavy atom. The van der Waals surface area contributed by atoms with Gasteiger partial charge in [-0.05, 0) is 29.8 Å². The SMILES string of the molecule is COc1ccc([C@H]2[C@H](N)C(=O)N2c2ccc3c(c2)OCO3)cc1. The van der Waals surface area contributed by atoms with E-state index in [0.29, 0.717) is 11.5 Å². The second-order valence-corrected chi connectivity index (χ2v) is 5.49. The summed E-state index contributed by atoms with van der Waals surface area (Å²) in [4.78, 5) is 14.0. The molecule has 6 heteroatoms. The third kappa shape index (κ3) is 2.10. The molecule has 1 fully saturated rings. The predicted molar refractivity (Wildman–Crippen MR) is 83.8 cm³/mol. The van der Waals surface area contributed by atoms with Gasteiger partial charge in [-0.3, -0.25) is 4.79 Å². The molecule has 0 saturated carbocycles. The number of hydrogen-bond acceptors (Lipinski definition) is 5. The van der Waals surface area contributed by atoms with E-state index in [-0.39, 0.29) is 18.7 Å². The molecular weight excluding hydrogens is 296 g/mol. The number of amides is 1. The van der Waals surface area contributed by atoms with Crippen molar-refractivity contribution in [1.82, 2.24) is 0 Å². The van der Waals surface area contributed by atoms with Crippen LogP contribution in [0.4, 0.5) is 5.69 Å². The number of hydrogen-bond donors (Lipinski definition) is 1. The molecule has 6 nitrogen and oxygen atoms in total. The molecule has 0 spiro atoms. The molecule has 1 saturated heterocycles. The van der Waals surface area contributed by atoms with E-state index in [4.69, 9.17) is 19.9 Å². The van der Waals surface area contributed by atoms with Crippen LogP contribution in [0, 0.1) is 0 Å². The van der Waals surface area contributed by atoms with Crippen molar-refractivity contribution in [3.63, 3.8) is 0 Å². The number of methoxy groups -OCH3 is 1. The van der Waals surface area contributed by atoms with Crippen LogP contribution in [0.1, 0.15) is 11.6 Å². The second-order valence-electron chi connectivity index (χ2n) is 5.49. The summed E-state index contributed by atoms with van der Waals surface area (Å²) in [6.45, 7) is 0.203. The molecule has 0 aliphatic carbocycles. The number of nitrogens with zero attached hydrogens (tertiary/aromatic N) is 1. The Labute approximate surface area is 133 Å². The standard InChI is InChI=1S/C17H16N2O4/c1-21-12-5-2-10(3-6-12)16-15(18)17(20)19(16)11-4-7-13-14(8-11)23-9-22-13/h2-8,15-16H,9,18H2,1H3/t15-,16-/m0/s1. The lowest BCUT2D eigenvalue weighted by molar-refractivity contribution is -0.126. The monoisotopic (exact) mass is 312 g/mol. The Kier molecular flexibility index (Phi) is 3.12. The molecule has 0 unspecified atom stereocenters. The summed E-state index contributed by atoms with van der Waals surface area (Å²) in [5.41, 5.74) is 7.75. The first-order valence-corrected chi connectivity index (χ1v) is 7.31. The van der Waals surface area contributed by atoms with Gasteiger partial charge in [-0.25, -0.2) is 0 Å².